The topological polar surface area (TPSA) is 59.1 Å². The zero-order valence-corrected chi connectivity index (χ0v) is 12.7. The van der Waals surface area contributed by atoms with Crippen molar-refractivity contribution in [3.05, 3.63) is 11.3 Å². The van der Waals surface area contributed by atoms with Crippen LogP contribution in [0, 0.1) is 0 Å². The number of hydrogen-bond donors (Lipinski definition) is 2. The molecule has 6 heteroatoms. The van der Waals surface area contributed by atoms with Crippen LogP contribution in [0.5, 0.6) is 0 Å². The number of aromatic nitrogens is 2. The van der Waals surface area contributed by atoms with Gasteiger partial charge in [-0.2, -0.15) is 9.78 Å². The van der Waals surface area contributed by atoms with Crippen LogP contribution in [0.3, 0.4) is 0 Å². The van der Waals surface area contributed by atoms with Crippen molar-refractivity contribution in [2.45, 2.75) is 45.1 Å². The van der Waals surface area contributed by atoms with Crippen molar-refractivity contribution < 1.29 is 0 Å². The van der Waals surface area contributed by atoms with E-state index in [4.69, 9.17) is 18.0 Å². The zero-order chi connectivity index (χ0) is 13.9. The van der Waals surface area contributed by atoms with Crippen LogP contribution in [0.2, 0.25) is 0 Å². The van der Waals surface area contributed by atoms with Gasteiger partial charge in [-0.3, -0.25) is 4.90 Å². The number of likely N-dealkylation sites (tertiary alicyclic amines) is 1. The highest BCUT2D eigenvalue weighted by molar-refractivity contribution is 7.80. The molecule has 3 N–H and O–H groups in total. The molecule has 0 spiro atoms. The Morgan fingerprint density at radius 3 is 2.75 bits per heavy atom. The van der Waals surface area contributed by atoms with Gasteiger partial charge in [-0.25, -0.2) is 0 Å². The monoisotopic (exact) mass is 293 g/mol. The van der Waals surface area contributed by atoms with Gasteiger partial charge in [-0.1, -0.05) is 6.42 Å². The second-order valence-corrected chi connectivity index (χ2v) is 6.16. The number of nitrogens with two attached hydrogens (primary N) is 1. The summed E-state index contributed by atoms with van der Waals surface area (Å²) in [5.41, 5.74) is 8.29. The Morgan fingerprint density at radius 2 is 2.00 bits per heavy atom. The molecule has 0 amide bonds. The molecule has 1 aromatic rings. The highest BCUT2D eigenvalue weighted by Crippen LogP contribution is 2.26. The number of thiocarbonyl (C=S) groups is 1. The third-order valence-electron chi connectivity index (χ3n) is 4.24. The lowest BCUT2D eigenvalue weighted by molar-refractivity contribution is 0.217. The summed E-state index contributed by atoms with van der Waals surface area (Å²) in [5, 5.41) is 8.45. The quantitative estimate of drug-likeness (QED) is 0.813. The van der Waals surface area contributed by atoms with Crippen molar-refractivity contribution in [2.75, 3.05) is 25.0 Å². The molecule has 1 fully saturated rings. The molecular formula is C14H23N5S. The van der Waals surface area contributed by atoms with E-state index in [0.29, 0.717) is 5.11 Å². The summed E-state index contributed by atoms with van der Waals surface area (Å²) in [7, 11) is 0. The smallest absolute Gasteiger partial charge is 0.193 e. The SMILES string of the molecule is NC(=S)n1nc(CN2CCCCC2)c2c1NCCCC2. The van der Waals surface area contributed by atoms with Gasteiger partial charge in [0.25, 0.3) is 0 Å². The van der Waals surface area contributed by atoms with Crippen LogP contribution >= 0.6 is 12.2 Å². The molecule has 110 valence electrons. The van der Waals surface area contributed by atoms with E-state index < -0.39 is 0 Å². The van der Waals surface area contributed by atoms with E-state index in [9.17, 15) is 0 Å². The maximum absolute atomic E-state index is 5.81. The molecule has 0 bridgehead atoms. The summed E-state index contributed by atoms with van der Waals surface area (Å²) in [6.45, 7) is 4.27. The van der Waals surface area contributed by atoms with E-state index in [2.05, 4.69) is 15.3 Å². The molecule has 20 heavy (non-hydrogen) atoms. The van der Waals surface area contributed by atoms with Crippen molar-refractivity contribution in [1.29, 1.82) is 0 Å². The van der Waals surface area contributed by atoms with Gasteiger partial charge in [-0.15, -0.1) is 0 Å². The van der Waals surface area contributed by atoms with Gasteiger partial charge < -0.3 is 11.1 Å². The van der Waals surface area contributed by atoms with Crippen LogP contribution in [-0.2, 0) is 13.0 Å². The minimum absolute atomic E-state index is 0.334. The number of anilines is 1. The minimum atomic E-state index is 0.334. The number of fused-ring (bicyclic) bond motifs is 1. The van der Waals surface area contributed by atoms with Crippen molar-refractivity contribution in [3.8, 4) is 0 Å². The van der Waals surface area contributed by atoms with Gasteiger partial charge in [0.05, 0.1) is 5.69 Å². The second-order valence-electron chi connectivity index (χ2n) is 5.74. The molecule has 1 saturated heterocycles. The van der Waals surface area contributed by atoms with E-state index in [0.717, 1.165) is 31.0 Å². The third kappa shape index (κ3) is 2.81. The Bertz CT molecular complexity index is 490. The molecule has 0 unspecified atom stereocenters. The van der Waals surface area contributed by atoms with Crippen LogP contribution in [0.15, 0.2) is 0 Å². The van der Waals surface area contributed by atoms with Crippen LogP contribution in [0.25, 0.3) is 0 Å². The first-order valence-electron chi connectivity index (χ1n) is 7.62. The highest BCUT2D eigenvalue weighted by atomic mass is 32.1. The van der Waals surface area contributed by atoms with Gasteiger partial charge in [0.1, 0.15) is 5.82 Å². The van der Waals surface area contributed by atoms with Crippen LogP contribution in [0.4, 0.5) is 5.82 Å². The summed E-state index contributed by atoms with van der Waals surface area (Å²) < 4.78 is 1.72. The maximum atomic E-state index is 5.81. The number of rotatable bonds is 2. The molecule has 3 heterocycles. The summed E-state index contributed by atoms with van der Waals surface area (Å²) in [6.07, 6.45) is 7.43. The first-order valence-corrected chi connectivity index (χ1v) is 8.03. The Morgan fingerprint density at radius 1 is 1.20 bits per heavy atom. The summed E-state index contributed by atoms with van der Waals surface area (Å²) in [6, 6.07) is 0. The fourth-order valence-corrected chi connectivity index (χ4v) is 3.32. The molecule has 2 aliphatic rings. The fraction of sp³-hybridized carbons (Fsp3) is 0.714. The summed E-state index contributed by atoms with van der Waals surface area (Å²) >= 11 is 5.13. The van der Waals surface area contributed by atoms with Gasteiger partial charge in [0.2, 0.25) is 0 Å². The number of hydrogen-bond acceptors (Lipinski definition) is 4. The zero-order valence-electron chi connectivity index (χ0n) is 11.9. The molecule has 0 aromatic carbocycles. The minimum Gasteiger partial charge on any atom is -0.374 e. The van der Waals surface area contributed by atoms with E-state index >= 15 is 0 Å². The average molecular weight is 293 g/mol. The van der Waals surface area contributed by atoms with Gasteiger partial charge in [0.15, 0.2) is 5.11 Å². The first kappa shape index (κ1) is 13.8. The van der Waals surface area contributed by atoms with Gasteiger partial charge in [-0.05, 0) is 57.4 Å². The molecule has 3 rings (SSSR count). The Hall–Kier alpha value is -1.14. The van der Waals surface area contributed by atoms with E-state index in [-0.39, 0.29) is 0 Å². The molecule has 5 nitrogen and oxygen atoms in total. The molecule has 0 aliphatic carbocycles. The molecule has 0 atom stereocenters. The maximum Gasteiger partial charge on any atom is 0.193 e. The Labute approximate surface area is 125 Å². The van der Waals surface area contributed by atoms with E-state index in [1.165, 1.54) is 50.8 Å². The molecule has 2 aliphatic heterocycles. The third-order valence-corrected chi connectivity index (χ3v) is 4.42. The average Bonchev–Trinajstić information content (AvgIpc) is 2.63. The standard InChI is InChI=1S/C14H23N5S/c15-14(20)19-13-11(6-2-3-7-16-13)12(17-19)10-18-8-4-1-5-9-18/h16H,1-10H2,(H2,15,20). The Balaban J connectivity index is 1.87. The molecule has 0 radical (unpaired) electrons. The fourth-order valence-electron chi connectivity index (χ4n) is 3.19. The highest BCUT2D eigenvalue weighted by Gasteiger charge is 2.22. The van der Waals surface area contributed by atoms with Crippen molar-refractivity contribution in [2.24, 2.45) is 5.73 Å². The summed E-state index contributed by atoms with van der Waals surface area (Å²) in [5.74, 6) is 1.03. The van der Waals surface area contributed by atoms with Crippen LogP contribution in [0.1, 0.15) is 43.4 Å². The van der Waals surface area contributed by atoms with Gasteiger partial charge in [0, 0.05) is 18.7 Å². The van der Waals surface area contributed by atoms with Gasteiger partial charge >= 0.3 is 0 Å². The van der Waals surface area contributed by atoms with Crippen LogP contribution < -0.4 is 11.1 Å². The normalized spacial score (nSPS) is 20.0. The second kappa shape index (κ2) is 6.10. The van der Waals surface area contributed by atoms with Crippen molar-refractivity contribution in [1.82, 2.24) is 14.7 Å². The molecule has 1 aromatic heterocycles. The van der Waals surface area contributed by atoms with Crippen molar-refractivity contribution >= 4 is 23.1 Å². The Kier molecular flexibility index (Phi) is 4.21. The molecule has 0 saturated carbocycles. The number of nitrogens with zero attached hydrogens (tertiary/aromatic N) is 3. The number of nitrogens with one attached hydrogen (secondary N) is 1. The van der Waals surface area contributed by atoms with Crippen molar-refractivity contribution in [3.63, 3.8) is 0 Å². The number of piperidine rings is 1. The van der Waals surface area contributed by atoms with Crippen LogP contribution in [-0.4, -0.2) is 39.4 Å². The predicted octanol–water partition coefficient (Wildman–Crippen LogP) is 1.71. The largest absolute Gasteiger partial charge is 0.374 e. The van der Waals surface area contributed by atoms with E-state index in [1.807, 2.05) is 0 Å². The lowest BCUT2D eigenvalue weighted by Crippen LogP contribution is -2.30. The molecular weight excluding hydrogens is 270 g/mol. The van der Waals surface area contributed by atoms with E-state index in [1.54, 1.807) is 4.68 Å². The lowest BCUT2D eigenvalue weighted by Gasteiger charge is -2.25. The first-order chi connectivity index (χ1) is 9.75. The lowest BCUT2D eigenvalue weighted by atomic mass is 10.1. The predicted molar refractivity (Wildman–Crippen MR) is 85.0 cm³/mol. The summed E-state index contributed by atoms with van der Waals surface area (Å²) in [4.78, 5) is 2.50.